The number of hydrogen-bond donors (Lipinski definition) is 0. The largest absolute Gasteiger partial charge is 0.297 e. The predicted octanol–water partition coefficient (Wildman–Crippen LogP) is 7.28. The van der Waals surface area contributed by atoms with Gasteiger partial charge in [0.1, 0.15) is 6.15 Å². The molecule has 25 heavy (non-hydrogen) atoms. The van der Waals surface area contributed by atoms with E-state index < -0.39 is 6.15 Å². The lowest BCUT2D eigenvalue weighted by Gasteiger charge is -2.49. The Morgan fingerprint density at radius 2 is 0.880 bits per heavy atom. The first-order valence-electron chi connectivity index (χ1n) is 10.9. The Hall–Kier alpha value is -0.815. The number of rotatable bonds is 2. The molecule has 0 amide bonds. The molecular formula is C24H40B-. The average Bonchev–Trinajstić information content (AvgIpc) is 2.55. The first kappa shape index (κ1) is 20.5. The van der Waals surface area contributed by atoms with Crippen molar-refractivity contribution in [3.8, 4) is 23.5 Å². The van der Waals surface area contributed by atoms with E-state index in [0.29, 0.717) is 0 Å². The predicted molar refractivity (Wildman–Crippen MR) is 114 cm³/mol. The molecule has 0 atom stereocenters. The second-order valence-corrected chi connectivity index (χ2v) is 10.8. The minimum atomic E-state index is -0.908. The Kier molecular flexibility index (Phi) is 6.77. The molecule has 0 radical (unpaired) electrons. The molecule has 0 bridgehead atoms. The second-order valence-electron chi connectivity index (χ2n) is 10.8. The molecule has 0 nitrogen and oxygen atoms in total. The van der Waals surface area contributed by atoms with Crippen LogP contribution in [0.15, 0.2) is 0 Å². The summed E-state index contributed by atoms with van der Waals surface area (Å²) in [4.78, 5) is 0. The molecule has 1 heteroatoms. The van der Waals surface area contributed by atoms with E-state index in [-0.39, 0.29) is 10.8 Å². The van der Waals surface area contributed by atoms with E-state index in [4.69, 9.17) is 0 Å². The Bertz CT molecular complexity index is 485. The Morgan fingerprint density at radius 3 is 1.16 bits per heavy atom. The van der Waals surface area contributed by atoms with Gasteiger partial charge in [-0.05, 0) is 41.5 Å². The van der Waals surface area contributed by atoms with Gasteiger partial charge in [-0.15, -0.1) is 23.5 Å². The summed E-state index contributed by atoms with van der Waals surface area (Å²) in [6, 6.07) is 0. The zero-order valence-corrected chi connectivity index (χ0v) is 17.8. The van der Waals surface area contributed by atoms with Crippen LogP contribution in [-0.2, 0) is 0 Å². The fourth-order valence-corrected chi connectivity index (χ4v) is 4.88. The Labute approximate surface area is 158 Å². The maximum Gasteiger partial charge on any atom is 0.145 e. The van der Waals surface area contributed by atoms with Crippen molar-refractivity contribution in [3.05, 3.63) is 0 Å². The molecule has 0 unspecified atom stereocenters. The molecule has 2 aliphatic rings. The highest BCUT2D eigenvalue weighted by Crippen LogP contribution is 2.48. The van der Waals surface area contributed by atoms with Gasteiger partial charge in [0, 0.05) is 10.8 Å². The maximum atomic E-state index is 3.92. The van der Waals surface area contributed by atoms with E-state index >= 15 is 0 Å². The van der Waals surface area contributed by atoms with Crippen molar-refractivity contribution in [1.82, 2.24) is 0 Å². The first-order valence-corrected chi connectivity index (χ1v) is 10.9. The SMILES string of the molecule is CC(C)(C)C#C[B-](C#CC(C)(C)C)(C1CCCCC1)C1CCCCC1. The Balaban J connectivity index is 2.52. The lowest BCUT2D eigenvalue weighted by atomic mass is 9.12. The van der Waals surface area contributed by atoms with Crippen molar-refractivity contribution < 1.29 is 0 Å². The van der Waals surface area contributed by atoms with E-state index in [1.54, 1.807) is 0 Å². The molecule has 2 fully saturated rings. The van der Waals surface area contributed by atoms with Crippen LogP contribution < -0.4 is 0 Å². The third kappa shape index (κ3) is 6.13. The van der Waals surface area contributed by atoms with E-state index in [0.717, 1.165) is 11.6 Å². The summed E-state index contributed by atoms with van der Waals surface area (Å²) in [5.74, 6) is 16.7. The minimum absolute atomic E-state index is 0.0692. The summed E-state index contributed by atoms with van der Waals surface area (Å²) in [6.45, 7) is 13.5. The van der Waals surface area contributed by atoms with Crippen LogP contribution >= 0.6 is 0 Å². The first-order chi connectivity index (χ1) is 11.6. The van der Waals surface area contributed by atoms with E-state index in [1.165, 1.54) is 64.2 Å². The smallest absolute Gasteiger partial charge is 0.145 e. The van der Waals surface area contributed by atoms with Crippen LogP contribution in [0.2, 0.25) is 11.6 Å². The zero-order valence-electron chi connectivity index (χ0n) is 17.8. The van der Waals surface area contributed by atoms with Crippen LogP contribution in [0.25, 0.3) is 0 Å². The summed E-state index contributed by atoms with van der Waals surface area (Å²) in [7, 11) is 0. The van der Waals surface area contributed by atoms with Crippen molar-refractivity contribution in [2.45, 2.75) is 117 Å². The van der Waals surface area contributed by atoms with Gasteiger partial charge in [-0.3, -0.25) is 11.6 Å². The normalized spacial score (nSPS) is 21.0. The van der Waals surface area contributed by atoms with Crippen molar-refractivity contribution in [3.63, 3.8) is 0 Å². The molecule has 0 heterocycles. The van der Waals surface area contributed by atoms with E-state index in [1.807, 2.05) is 0 Å². The molecule has 140 valence electrons. The van der Waals surface area contributed by atoms with Crippen LogP contribution in [-0.4, -0.2) is 6.15 Å². The molecule has 2 saturated carbocycles. The topological polar surface area (TPSA) is 0 Å². The fraction of sp³-hybridized carbons (Fsp3) is 0.833. The summed E-state index contributed by atoms with van der Waals surface area (Å²) < 4.78 is 0. The van der Waals surface area contributed by atoms with Crippen molar-refractivity contribution in [1.29, 1.82) is 0 Å². The summed E-state index contributed by atoms with van der Waals surface area (Å²) in [6.07, 6.45) is 12.9. The van der Waals surface area contributed by atoms with Crippen molar-refractivity contribution in [2.24, 2.45) is 10.8 Å². The van der Waals surface area contributed by atoms with Gasteiger partial charge >= 0.3 is 0 Å². The molecule has 0 saturated heterocycles. The summed E-state index contributed by atoms with van der Waals surface area (Å²) in [5, 5.41) is 0. The van der Waals surface area contributed by atoms with Crippen molar-refractivity contribution in [2.75, 3.05) is 0 Å². The molecule has 0 spiro atoms. The van der Waals surface area contributed by atoms with E-state index in [9.17, 15) is 0 Å². The highest BCUT2D eigenvalue weighted by atomic mass is 14.2. The van der Waals surface area contributed by atoms with Crippen LogP contribution in [0, 0.1) is 34.3 Å². The third-order valence-corrected chi connectivity index (χ3v) is 6.16. The lowest BCUT2D eigenvalue weighted by Crippen LogP contribution is -2.45. The lowest BCUT2D eigenvalue weighted by molar-refractivity contribution is 0.459. The van der Waals surface area contributed by atoms with Gasteiger partial charge in [0.15, 0.2) is 0 Å². The van der Waals surface area contributed by atoms with Gasteiger partial charge in [0.2, 0.25) is 0 Å². The highest BCUT2D eigenvalue weighted by Gasteiger charge is 2.38. The molecule has 0 aliphatic heterocycles. The van der Waals surface area contributed by atoms with Gasteiger partial charge in [-0.1, -0.05) is 64.2 Å². The van der Waals surface area contributed by atoms with Crippen LogP contribution in [0.1, 0.15) is 106 Å². The van der Waals surface area contributed by atoms with Crippen molar-refractivity contribution >= 4 is 6.15 Å². The molecule has 0 aromatic carbocycles. The quantitative estimate of drug-likeness (QED) is 0.366. The van der Waals surface area contributed by atoms with E-state index in [2.05, 4.69) is 65.0 Å². The van der Waals surface area contributed by atoms with Gasteiger partial charge in [0.05, 0.1) is 0 Å². The minimum Gasteiger partial charge on any atom is -0.297 e. The van der Waals surface area contributed by atoms with Gasteiger partial charge in [-0.25, -0.2) is 0 Å². The second kappa shape index (κ2) is 8.25. The van der Waals surface area contributed by atoms with Crippen LogP contribution in [0.3, 0.4) is 0 Å². The standard InChI is InChI=1S/C24H40B/c1-23(2,3)17-19-25(20-18-24(4,5)6,21-13-9-7-10-14-21)22-15-11-8-12-16-22/h21-22H,7-16H2,1-6H3/q-1. The molecular weight excluding hydrogens is 299 g/mol. The van der Waals surface area contributed by atoms with Crippen LogP contribution in [0.5, 0.6) is 0 Å². The summed E-state index contributed by atoms with van der Waals surface area (Å²) in [5.41, 5.74) is 0.138. The van der Waals surface area contributed by atoms with Gasteiger partial charge in [-0.2, -0.15) is 0 Å². The molecule has 0 aromatic rings. The zero-order chi connectivity index (χ0) is 18.6. The van der Waals surface area contributed by atoms with Crippen LogP contribution in [0.4, 0.5) is 0 Å². The Morgan fingerprint density at radius 1 is 0.560 bits per heavy atom. The highest BCUT2D eigenvalue weighted by molar-refractivity contribution is 6.96. The summed E-state index contributed by atoms with van der Waals surface area (Å²) >= 11 is 0. The fourth-order valence-electron chi connectivity index (χ4n) is 4.88. The third-order valence-electron chi connectivity index (χ3n) is 6.16. The number of hydrogen-bond acceptors (Lipinski definition) is 0. The molecule has 2 aliphatic carbocycles. The average molecular weight is 339 g/mol. The molecule has 0 aromatic heterocycles. The monoisotopic (exact) mass is 339 g/mol. The molecule has 0 N–H and O–H groups in total. The maximum absolute atomic E-state index is 3.92. The molecule has 2 rings (SSSR count). The van der Waals surface area contributed by atoms with Gasteiger partial charge in [0.25, 0.3) is 0 Å². The van der Waals surface area contributed by atoms with Gasteiger partial charge < -0.3 is 0 Å².